The van der Waals surface area contributed by atoms with Crippen molar-refractivity contribution in [2.24, 2.45) is 11.8 Å². The summed E-state index contributed by atoms with van der Waals surface area (Å²) in [7, 11) is 3.80. The molecule has 1 aliphatic heterocycles. The molecule has 6 saturated carbocycles. The van der Waals surface area contributed by atoms with Crippen LogP contribution in [-0.4, -0.2) is 109 Å². The van der Waals surface area contributed by atoms with Gasteiger partial charge in [0.25, 0.3) is 0 Å². The average molecular weight is 785 g/mol. The first-order valence-electron chi connectivity index (χ1n) is 23.3. The van der Waals surface area contributed by atoms with E-state index in [1.807, 2.05) is 14.2 Å². The number of fused-ring (bicyclic) bond motifs is 1. The van der Waals surface area contributed by atoms with E-state index in [-0.39, 0.29) is 0 Å². The molecule has 6 aliphatic carbocycles. The monoisotopic (exact) mass is 785 g/mol. The van der Waals surface area contributed by atoms with Gasteiger partial charge in [-0.25, -0.2) is 0 Å². The molecule has 0 bridgehead atoms. The lowest BCUT2D eigenvalue weighted by molar-refractivity contribution is -0.0282. The number of aliphatic hydroxyl groups excluding tert-OH is 2. The van der Waals surface area contributed by atoms with Crippen molar-refractivity contribution in [1.29, 1.82) is 0 Å². The number of ether oxygens (including phenoxy) is 4. The Labute approximate surface area is 337 Å². The Morgan fingerprint density at radius 1 is 0.455 bits per heavy atom. The molecular weight excluding hydrogens is 709 g/mol. The van der Waals surface area contributed by atoms with E-state index in [4.69, 9.17) is 18.9 Å². The van der Waals surface area contributed by atoms with E-state index in [9.17, 15) is 10.2 Å². The summed E-state index contributed by atoms with van der Waals surface area (Å²) >= 11 is 2.08. The molecule has 55 heavy (non-hydrogen) atoms. The van der Waals surface area contributed by atoms with Crippen LogP contribution in [0.2, 0.25) is 0 Å². The number of rotatable bonds is 12. The normalized spacial score (nSPS) is 39.0. The van der Waals surface area contributed by atoms with E-state index >= 15 is 0 Å². The maximum absolute atomic E-state index is 9.87. The third-order valence-corrected chi connectivity index (χ3v) is 17.7. The molecule has 0 amide bonds. The summed E-state index contributed by atoms with van der Waals surface area (Å²) in [6, 6.07) is 4.06. The van der Waals surface area contributed by atoms with Crippen molar-refractivity contribution in [3.05, 3.63) is 9.75 Å². The minimum absolute atomic E-state index is 0.352. The van der Waals surface area contributed by atoms with Crippen LogP contribution in [0, 0.1) is 11.8 Å². The summed E-state index contributed by atoms with van der Waals surface area (Å²) in [6.07, 6.45) is 30.6. The fraction of sp³-hybridized carbons (Fsp3) is 0.913. The first-order chi connectivity index (χ1) is 27.1. The number of methoxy groups -OCH3 is 2. The van der Waals surface area contributed by atoms with E-state index in [0.29, 0.717) is 98.6 Å². The van der Waals surface area contributed by atoms with Crippen molar-refractivity contribution in [2.75, 3.05) is 40.6 Å². The summed E-state index contributed by atoms with van der Waals surface area (Å²) in [4.78, 5) is 9.07. The zero-order valence-electron chi connectivity index (χ0n) is 34.6. The summed E-state index contributed by atoms with van der Waals surface area (Å²) < 4.78 is 24.7. The van der Waals surface area contributed by atoms with Crippen LogP contribution in [0.5, 0.6) is 11.5 Å². The van der Waals surface area contributed by atoms with Crippen molar-refractivity contribution in [2.45, 2.75) is 214 Å². The van der Waals surface area contributed by atoms with Crippen LogP contribution < -0.4 is 9.47 Å². The quantitative estimate of drug-likeness (QED) is 0.217. The van der Waals surface area contributed by atoms with Crippen LogP contribution in [0.25, 0.3) is 0 Å². The van der Waals surface area contributed by atoms with Crippen LogP contribution >= 0.6 is 11.3 Å². The van der Waals surface area contributed by atoms with Crippen LogP contribution in [0.3, 0.4) is 0 Å². The molecule has 1 aromatic heterocycles. The fourth-order valence-corrected chi connectivity index (χ4v) is 14.5. The third-order valence-electron chi connectivity index (χ3n) is 16.2. The molecular formula is C46H76N2O6S. The zero-order chi connectivity index (χ0) is 37.7. The van der Waals surface area contributed by atoms with Crippen molar-refractivity contribution in [1.82, 2.24) is 9.80 Å². The Morgan fingerprint density at radius 2 is 0.745 bits per heavy atom. The highest BCUT2D eigenvalue weighted by Crippen LogP contribution is 2.56. The molecule has 0 radical (unpaired) electrons. The molecule has 0 unspecified atom stereocenters. The molecule has 0 saturated heterocycles. The predicted octanol–water partition coefficient (Wildman–Crippen LogP) is 9.19. The van der Waals surface area contributed by atoms with Gasteiger partial charge in [-0.2, -0.15) is 0 Å². The van der Waals surface area contributed by atoms with Gasteiger partial charge >= 0.3 is 0 Å². The lowest BCUT2D eigenvalue weighted by Crippen LogP contribution is -2.53. The van der Waals surface area contributed by atoms with Gasteiger partial charge in [-0.3, -0.25) is 9.80 Å². The predicted molar refractivity (Wildman–Crippen MR) is 221 cm³/mol. The van der Waals surface area contributed by atoms with Crippen molar-refractivity contribution in [3.8, 4) is 11.5 Å². The molecule has 8 rings (SSSR count). The molecule has 312 valence electrons. The standard InChI is InChI=1S/C46H76N2O6S/c1-51-41-23-19-39(20-24-41)48(40-21-25-42(52-2)26-22-40)38-17-9-34(10-18-38)46-44-43(53-27-28-54-44)45(55-46)33-7-15-37(16-8-33)47(35-11-3-31(29-49)4-12-35)36-13-5-32(30-50)6-14-36/h31-42,49-50H,3-30H2,1-2H3. The second-order valence-electron chi connectivity index (χ2n) is 19.1. The molecule has 0 atom stereocenters. The summed E-state index contributed by atoms with van der Waals surface area (Å²) in [6.45, 7) is 2.05. The SMILES string of the molecule is COC1CCC(N(C2CCC(OC)CC2)C2CCC(c3sc(C4CCC(N(C5CCC(CO)CC5)C5CCC(CO)CC5)CC4)c4c3OCCO4)CC2)CC1. The van der Waals surface area contributed by atoms with Crippen molar-refractivity contribution < 1.29 is 29.2 Å². The third kappa shape index (κ3) is 9.29. The molecule has 2 N–H and O–H groups in total. The molecule has 0 aromatic carbocycles. The topological polar surface area (TPSA) is 83.9 Å². The minimum atomic E-state index is 0.352. The van der Waals surface area contributed by atoms with E-state index in [2.05, 4.69) is 21.1 Å². The summed E-state index contributed by atoms with van der Waals surface area (Å²) in [5.41, 5.74) is 0. The van der Waals surface area contributed by atoms with E-state index in [0.717, 1.165) is 11.5 Å². The second-order valence-corrected chi connectivity index (χ2v) is 20.2. The zero-order valence-corrected chi connectivity index (χ0v) is 35.4. The van der Waals surface area contributed by atoms with Gasteiger partial charge in [0, 0.05) is 63.7 Å². The molecule has 9 heteroatoms. The highest BCUT2D eigenvalue weighted by Gasteiger charge is 2.42. The van der Waals surface area contributed by atoms with Crippen LogP contribution in [0.15, 0.2) is 0 Å². The van der Waals surface area contributed by atoms with E-state index in [1.165, 1.54) is 164 Å². The first-order valence-corrected chi connectivity index (χ1v) is 24.1. The maximum atomic E-state index is 9.87. The fourth-order valence-electron chi connectivity index (χ4n) is 13.0. The van der Waals surface area contributed by atoms with Gasteiger partial charge in [0.15, 0.2) is 11.5 Å². The second kappa shape index (κ2) is 19.4. The summed E-state index contributed by atoms with van der Waals surface area (Å²) in [5, 5.41) is 19.7. The Bertz CT molecular complexity index is 1150. The molecule has 8 nitrogen and oxygen atoms in total. The molecule has 7 aliphatic rings. The average Bonchev–Trinajstić information content (AvgIpc) is 3.65. The number of hydrogen-bond donors (Lipinski definition) is 2. The minimum Gasteiger partial charge on any atom is -0.485 e. The maximum Gasteiger partial charge on any atom is 0.175 e. The van der Waals surface area contributed by atoms with Gasteiger partial charge in [0.05, 0.1) is 22.0 Å². The number of aliphatic hydroxyl groups is 2. The number of hydrogen-bond acceptors (Lipinski definition) is 9. The van der Waals surface area contributed by atoms with Crippen LogP contribution in [-0.2, 0) is 9.47 Å². The Kier molecular flexibility index (Phi) is 14.4. The molecule has 0 spiro atoms. The number of nitrogens with zero attached hydrogens (tertiary/aromatic N) is 2. The van der Waals surface area contributed by atoms with Crippen LogP contribution in [0.4, 0.5) is 0 Å². The lowest BCUT2D eigenvalue weighted by Gasteiger charge is -2.49. The largest absolute Gasteiger partial charge is 0.485 e. The lowest BCUT2D eigenvalue weighted by atomic mass is 9.78. The van der Waals surface area contributed by atoms with E-state index < -0.39 is 0 Å². The molecule has 6 fully saturated rings. The Hall–Kier alpha value is -0.940. The Balaban J connectivity index is 0.931. The van der Waals surface area contributed by atoms with Gasteiger partial charge in [-0.1, -0.05) is 0 Å². The first kappa shape index (κ1) is 40.8. The Morgan fingerprint density at radius 3 is 1.04 bits per heavy atom. The molecule has 1 aromatic rings. The highest BCUT2D eigenvalue weighted by atomic mass is 32.1. The van der Waals surface area contributed by atoms with Gasteiger partial charge in [-0.15, -0.1) is 11.3 Å². The van der Waals surface area contributed by atoms with Crippen molar-refractivity contribution in [3.63, 3.8) is 0 Å². The summed E-state index contributed by atoms with van der Waals surface area (Å²) in [5.74, 6) is 4.37. The smallest absolute Gasteiger partial charge is 0.175 e. The van der Waals surface area contributed by atoms with E-state index in [1.54, 1.807) is 0 Å². The van der Waals surface area contributed by atoms with Gasteiger partial charge in [0.2, 0.25) is 0 Å². The number of thiophene rings is 1. The van der Waals surface area contributed by atoms with Gasteiger partial charge in [0.1, 0.15) is 13.2 Å². The van der Waals surface area contributed by atoms with Gasteiger partial charge < -0.3 is 29.2 Å². The van der Waals surface area contributed by atoms with Gasteiger partial charge in [-0.05, 0) is 178 Å². The van der Waals surface area contributed by atoms with Crippen molar-refractivity contribution >= 4 is 11.3 Å². The molecule has 2 heterocycles. The van der Waals surface area contributed by atoms with Crippen LogP contribution in [0.1, 0.15) is 176 Å². The highest BCUT2D eigenvalue weighted by molar-refractivity contribution is 7.13.